The minimum absolute atomic E-state index is 0.0340. The predicted octanol–water partition coefficient (Wildman–Crippen LogP) is 2.84. The minimum Gasteiger partial charge on any atom is -0.336 e. The number of halogens is 1. The highest BCUT2D eigenvalue weighted by molar-refractivity contribution is 9.10. The summed E-state index contributed by atoms with van der Waals surface area (Å²) in [4.78, 5) is 18.7. The summed E-state index contributed by atoms with van der Waals surface area (Å²) in [6.07, 6.45) is 6.29. The van der Waals surface area contributed by atoms with E-state index >= 15 is 0 Å². The maximum absolute atomic E-state index is 12.5. The molecule has 0 aliphatic carbocycles. The van der Waals surface area contributed by atoms with Gasteiger partial charge in [-0.2, -0.15) is 0 Å². The number of nitrogens with zero attached hydrogens (tertiary/aromatic N) is 2. The first-order valence-corrected chi connectivity index (χ1v) is 8.14. The second kappa shape index (κ2) is 7.74. The van der Waals surface area contributed by atoms with Crippen molar-refractivity contribution in [3.8, 4) is 0 Å². The molecule has 20 heavy (non-hydrogen) atoms. The van der Waals surface area contributed by atoms with Gasteiger partial charge in [-0.3, -0.25) is 4.79 Å². The van der Waals surface area contributed by atoms with Gasteiger partial charge in [-0.05, 0) is 53.9 Å². The molecule has 0 radical (unpaired) electrons. The van der Waals surface area contributed by atoms with E-state index in [9.17, 15) is 4.79 Å². The highest BCUT2D eigenvalue weighted by atomic mass is 79.9. The molecule has 1 aliphatic rings. The Morgan fingerprint density at radius 2 is 2.35 bits per heavy atom. The molecule has 0 saturated carbocycles. The lowest BCUT2D eigenvalue weighted by atomic mass is 10.0. The van der Waals surface area contributed by atoms with Crippen LogP contribution in [0.4, 0.5) is 0 Å². The molecular formula is C15H22BrN3O. The number of amides is 1. The Bertz CT molecular complexity index is 429. The number of rotatable bonds is 5. The fourth-order valence-corrected chi connectivity index (χ4v) is 2.79. The maximum Gasteiger partial charge on any atom is 0.272 e. The van der Waals surface area contributed by atoms with E-state index in [4.69, 9.17) is 0 Å². The van der Waals surface area contributed by atoms with E-state index in [1.807, 2.05) is 11.0 Å². The van der Waals surface area contributed by atoms with E-state index in [0.717, 1.165) is 36.9 Å². The lowest BCUT2D eigenvalue weighted by Crippen LogP contribution is -2.46. The van der Waals surface area contributed by atoms with Crippen molar-refractivity contribution in [3.05, 3.63) is 28.5 Å². The summed E-state index contributed by atoms with van der Waals surface area (Å²) in [6.45, 7) is 4.73. The van der Waals surface area contributed by atoms with E-state index in [1.54, 1.807) is 12.3 Å². The molecule has 1 atom stereocenters. The van der Waals surface area contributed by atoms with Crippen molar-refractivity contribution < 1.29 is 4.79 Å². The van der Waals surface area contributed by atoms with E-state index in [0.29, 0.717) is 11.7 Å². The van der Waals surface area contributed by atoms with Crippen LogP contribution in [0.3, 0.4) is 0 Å². The zero-order valence-corrected chi connectivity index (χ0v) is 13.5. The van der Waals surface area contributed by atoms with Gasteiger partial charge in [-0.1, -0.05) is 13.3 Å². The highest BCUT2D eigenvalue weighted by Crippen LogP contribution is 2.13. The van der Waals surface area contributed by atoms with E-state index in [2.05, 4.69) is 33.2 Å². The van der Waals surface area contributed by atoms with Gasteiger partial charge in [-0.25, -0.2) is 4.98 Å². The topological polar surface area (TPSA) is 45.2 Å². The molecule has 4 nitrogen and oxygen atoms in total. The molecule has 2 heterocycles. The molecule has 2 rings (SSSR count). The van der Waals surface area contributed by atoms with Gasteiger partial charge in [0.15, 0.2) is 0 Å². The predicted molar refractivity (Wildman–Crippen MR) is 83.8 cm³/mol. The van der Waals surface area contributed by atoms with E-state index in [1.165, 1.54) is 12.8 Å². The lowest BCUT2D eigenvalue weighted by Gasteiger charge is -2.30. The number of piperidine rings is 1. The summed E-state index contributed by atoms with van der Waals surface area (Å²) in [7, 11) is 0. The highest BCUT2D eigenvalue weighted by Gasteiger charge is 2.21. The number of hydrogen-bond acceptors (Lipinski definition) is 3. The SMILES string of the molecule is CCCN(CC1CCCCN1)C(=O)c1ccc(Br)cn1. The minimum atomic E-state index is 0.0340. The van der Waals surface area contributed by atoms with Crippen LogP contribution in [0.5, 0.6) is 0 Å². The number of pyridine rings is 1. The molecule has 1 fully saturated rings. The quantitative estimate of drug-likeness (QED) is 0.897. The van der Waals surface area contributed by atoms with Crippen LogP contribution in [0.1, 0.15) is 43.1 Å². The summed E-state index contributed by atoms with van der Waals surface area (Å²) < 4.78 is 0.894. The standard InChI is InChI=1S/C15H22BrN3O/c1-2-9-19(11-13-5-3-4-8-17-13)15(20)14-7-6-12(16)10-18-14/h6-7,10,13,17H,2-5,8-9,11H2,1H3. The molecule has 1 N–H and O–H groups in total. The summed E-state index contributed by atoms with van der Waals surface area (Å²) in [5, 5.41) is 3.50. The van der Waals surface area contributed by atoms with Gasteiger partial charge < -0.3 is 10.2 Å². The molecule has 1 aromatic rings. The summed E-state index contributed by atoms with van der Waals surface area (Å²) >= 11 is 3.34. The first-order valence-electron chi connectivity index (χ1n) is 7.35. The number of carbonyl (C=O) groups excluding carboxylic acids is 1. The van der Waals surface area contributed by atoms with Crippen LogP contribution >= 0.6 is 15.9 Å². The summed E-state index contributed by atoms with van der Waals surface area (Å²) in [5.74, 6) is 0.0340. The zero-order chi connectivity index (χ0) is 14.4. The lowest BCUT2D eigenvalue weighted by molar-refractivity contribution is 0.0726. The molecule has 0 spiro atoms. The second-order valence-corrected chi connectivity index (χ2v) is 6.18. The van der Waals surface area contributed by atoms with Crippen molar-refractivity contribution in [2.24, 2.45) is 0 Å². The Morgan fingerprint density at radius 1 is 1.50 bits per heavy atom. The molecule has 1 amide bonds. The van der Waals surface area contributed by atoms with Crippen LogP contribution in [0.25, 0.3) is 0 Å². The smallest absolute Gasteiger partial charge is 0.272 e. The molecule has 1 unspecified atom stereocenters. The van der Waals surface area contributed by atoms with Gasteiger partial charge in [0.1, 0.15) is 5.69 Å². The van der Waals surface area contributed by atoms with Crippen LogP contribution in [0, 0.1) is 0 Å². The second-order valence-electron chi connectivity index (χ2n) is 5.26. The van der Waals surface area contributed by atoms with Crippen LogP contribution < -0.4 is 5.32 Å². The monoisotopic (exact) mass is 339 g/mol. The van der Waals surface area contributed by atoms with Crippen molar-refractivity contribution in [3.63, 3.8) is 0 Å². The molecule has 0 aromatic carbocycles. The van der Waals surface area contributed by atoms with Gasteiger partial charge >= 0.3 is 0 Å². The Kier molecular flexibility index (Phi) is 5.98. The Morgan fingerprint density at radius 3 is 2.95 bits per heavy atom. The van der Waals surface area contributed by atoms with Crippen LogP contribution in [0.2, 0.25) is 0 Å². The van der Waals surface area contributed by atoms with E-state index < -0.39 is 0 Å². The number of aromatic nitrogens is 1. The molecule has 1 aromatic heterocycles. The number of carbonyl (C=O) groups is 1. The van der Waals surface area contributed by atoms with Crippen molar-refractivity contribution >= 4 is 21.8 Å². The van der Waals surface area contributed by atoms with Crippen molar-refractivity contribution in [2.45, 2.75) is 38.6 Å². The maximum atomic E-state index is 12.5. The van der Waals surface area contributed by atoms with Gasteiger partial charge in [0.05, 0.1) is 0 Å². The van der Waals surface area contributed by atoms with Gasteiger partial charge in [0.25, 0.3) is 5.91 Å². The third-order valence-electron chi connectivity index (χ3n) is 3.58. The molecule has 0 bridgehead atoms. The number of hydrogen-bond donors (Lipinski definition) is 1. The fraction of sp³-hybridized carbons (Fsp3) is 0.600. The van der Waals surface area contributed by atoms with Crippen molar-refractivity contribution in [1.82, 2.24) is 15.2 Å². The first kappa shape index (κ1) is 15.4. The van der Waals surface area contributed by atoms with Gasteiger partial charge in [-0.15, -0.1) is 0 Å². The van der Waals surface area contributed by atoms with Crippen LogP contribution in [-0.2, 0) is 0 Å². The third-order valence-corrected chi connectivity index (χ3v) is 4.05. The zero-order valence-electron chi connectivity index (χ0n) is 11.9. The Hall–Kier alpha value is -0.940. The molecular weight excluding hydrogens is 318 g/mol. The van der Waals surface area contributed by atoms with Crippen molar-refractivity contribution in [2.75, 3.05) is 19.6 Å². The largest absolute Gasteiger partial charge is 0.336 e. The first-order chi connectivity index (χ1) is 9.70. The summed E-state index contributed by atoms with van der Waals surface area (Å²) in [6, 6.07) is 4.07. The normalized spacial score (nSPS) is 18.8. The number of nitrogens with one attached hydrogen (secondary N) is 1. The average Bonchev–Trinajstić information content (AvgIpc) is 2.48. The average molecular weight is 340 g/mol. The fourth-order valence-electron chi connectivity index (χ4n) is 2.56. The van der Waals surface area contributed by atoms with E-state index in [-0.39, 0.29) is 5.91 Å². The van der Waals surface area contributed by atoms with Gasteiger partial charge in [0, 0.05) is 29.8 Å². The van der Waals surface area contributed by atoms with Crippen molar-refractivity contribution in [1.29, 1.82) is 0 Å². The third kappa shape index (κ3) is 4.28. The molecule has 1 aliphatic heterocycles. The Balaban J connectivity index is 2.02. The van der Waals surface area contributed by atoms with Crippen LogP contribution in [0.15, 0.2) is 22.8 Å². The van der Waals surface area contributed by atoms with Gasteiger partial charge in [0.2, 0.25) is 0 Å². The molecule has 110 valence electrons. The van der Waals surface area contributed by atoms with Crippen LogP contribution in [-0.4, -0.2) is 41.5 Å². The Labute approximate surface area is 129 Å². The molecule has 1 saturated heterocycles. The molecule has 5 heteroatoms. The summed E-state index contributed by atoms with van der Waals surface area (Å²) in [5.41, 5.74) is 0.525.